The van der Waals surface area contributed by atoms with Gasteiger partial charge < -0.3 is 4.90 Å². The molecule has 0 aromatic rings. The zero-order valence-electron chi connectivity index (χ0n) is 8.01. The molecule has 0 amide bonds. The summed E-state index contributed by atoms with van der Waals surface area (Å²) in [4.78, 5) is 2.34. The first-order chi connectivity index (χ1) is 5.77. The van der Waals surface area contributed by atoms with Gasteiger partial charge in [-0.3, -0.25) is 0 Å². The molecule has 1 heteroatoms. The number of likely N-dealkylation sites (N-methyl/N-ethyl adjacent to an activating group) is 1. The van der Waals surface area contributed by atoms with Crippen LogP contribution in [0.1, 0.15) is 13.3 Å². The molecule has 1 nitrogen and oxygen atoms in total. The Kier molecular flexibility index (Phi) is 3.30. The normalized spacial score (nSPS) is 26.5. The minimum Gasteiger partial charge on any atom is -0.302 e. The molecule has 0 spiro atoms. The fourth-order valence-corrected chi connectivity index (χ4v) is 1.58. The predicted molar refractivity (Wildman–Crippen MR) is 54.2 cm³/mol. The third-order valence-corrected chi connectivity index (χ3v) is 2.28. The lowest BCUT2D eigenvalue weighted by Gasteiger charge is -2.26. The van der Waals surface area contributed by atoms with Gasteiger partial charge in [0.15, 0.2) is 0 Å². The van der Waals surface area contributed by atoms with Crippen LogP contribution in [-0.2, 0) is 0 Å². The summed E-state index contributed by atoms with van der Waals surface area (Å²) in [6.45, 7) is 8.07. The van der Waals surface area contributed by atoms with Gasteiger partial charge in [-0.05, 0) is 31.5 Å². The van der Waals surface area contributed by atoms with Crippen LogP contribution < -0.4 is 0 Å². The van der Waals surface area contributed by atoms with Gasteiger partial charge in [0.2, 0.25) is 0 Å². The minimum absolute atomic E-state index is 1.06. The second-order valence-corrected chi connectivity index (χ2v) is 3.23. The maximum atomic E-state index is 3.73. The summed E-state index contributed by atoms with van der Waals surface area (Å²) in [7, 11) is 2.16. The van der Waals surface area contributed by atoms with Crippen molar-refractivity contribution in [3.8, 4) is 0 Å². The summed E-state index contributed by atoms with van der Waals surface area (Å²) < 4.78 is 0. The molecule has 0 aliphatic carbocycles. The topological polar surface area (TPSA) is 3.24 Å². The van der Waals surface area contributed by atoms with Gasteiger partial charge in [-0.1, -0.05) is 24.8 Å². The molecule has 1 aliphatic rings. The first-order valence-corrected chi connectivity index (χ1v) is 4.43. The van der Waals surface area contributed by atoms with Gasteiger partial charge >= 0.3 is 0 Å². The van der Waals surface area contributed by atoms with Crippen LogP contribution in [0.25, 0.3) is 0 Å². The number of allylic oxidation sites excluding steroid dienone is 3. The van der Waals surface area contributed by atoms with Gasteiger partial charge in [-0.15, -0.1) is 0 Å². The Hall–Kier alpha value is -0.820. The van der Waals surface area contributed by atoms with E-state index in [0.29, 0.717) is 0 Å². The molecule has 12 heavy (non-hydrogen) atoms. The molecule has 0 radical (unpaired) electrons. The van der Waals surface area contributed by atoms with Crippen LogP contribution in [-0.4, -0.2) is 25.0 Å². The molecule has 0 bridgehead atoms. The van der Waals surface area contributed by atoms with E-state index in [0.717, 1.165) is 6.54 Å². The number of hydrogen-bond acceptors (Lipinski definition) is 1. The van der Waals surface area contributed by atoms with Crippen LogP contribution in [0.15, 0.2) is 36.0 Å². The molecular weight excluding hydrogens is 146 g/mol. The summed E-state index contributed by atoms with van der Waals surface area (Å²) in [5, 5.41) is 0. The van der Waals surface area contributed by atoms with E-state index < -0.39 is 0 Å². The SMILES string of the molecule is C=C/C=C1/CN(C)CC/C1=C/C. The molecule has 0 saturated carbocycles. The van der Waals surface area contributed by atoms with Crippen LogP contribution in [0.3, 0.4) is 0 Å². The standard InChI is InChI=1S/C11H17N/c1-4-6-11-9-12(3)8-7-10(11)5-2/h4-6H,1,7-9H2,2-3H3/b10-5-,11-6-. The van der Waals surface area contributed by atoms with Crippen LogP contribution in [0, 0.1) is 0 Å². The first-order valence-electron chi connectivity index (χ1n) is 4.43. The van der Waals surface area contributed by atoms with Crippen molar-refractivity contribution in [2.75, 3.05) is 20.1 Å². The Morgan fingerprint density at radius 2 is 2.17 bits per heavy atom. The molecule has 1 fully saturated rings. The number of rotatable bonds is 1. The molecule has 0 atom stereocenters. The Balaban J connectivity index is 2.78. The van der Waals surface area contributed by atoms with Crippen LogP contribution in [0.2, 0.25) is 0 Å². The van der Waals surface area contributed by atoms with E-state index in [4.69, 9.17) is 0 Å². The molecule has 1 heterocycles. The van der Waals surface area contributed by atoms with Gasteiger partial charge in [0.1, 0.15) is 0 Å². The highest BCUT2D eigenvalue weighted by molar-refractivity contribution is 5.36. The van der Waals surface area contributed by atoms with E-state index in [2.05, 4.69) is 37.6 Å². The first kappa shape index (κ1) is 9.27. The van der Waals surface area contributed by atoms with Gasteiger partial charge in [0, 0.05) is 13.1 Å². The average Bonchev–Trinajstić information content (AvgIpc) is 2.05. The summed E-state index contributed by atoms with van der Waals surface area (Å²) in [5.74, 6) is 0. The smallest absolute Gasteiger partial charge is 0.0233 e. The third-order valence-electron chi connectivity index (χ3n) is 2.28. The van der Waals surface area contributed by atoms with Gasteiger partial charge in [0.25, 0.3) is 0 Å². The molecular formula is C11H17N. The van der Waals surface area contributed by atoms with Crippen LogP contribution in [0.4, 0.5) is 0 Å². The fourth-order valence-electron chi connectivity index (χ4n) is 1.58. The van der Waals surface area contributed by atoms with Crippen molar-refractivity contribution in [1.29, 1.82) is 0 Å². The van der Waals surface area contributed by atoms with Gasteiger partial charge in [-0.2, -0.15) is 0 Å². The Morgan fingerprint density at radius 1 is 1.42 bits per heavy atom. The predicted octanol–water partition coefficient (Wildman–Crippen LogP) is 2.38. The Labute approximate surface area is 75.1 Å². The third kappa shape index (κ3) is 2.08. The van der Waals surface area contributed by atoms with Crippen molar-refractivity contribution in [3.05, 3.63) is 36.0 Å². The van der Waals surface area contributed by atoms with Crippen LogP contribution >= 0.6 is 0 Å². The summed E-state index contributed by atoms with van der Waals surface area (Å²) >= 11 is 0. The highest BCUT2D eigenvalue weighted by Crippen LogP contribution is 2.20. The van der Waals surface area contributed by atoms with Crippen molar-refractivity contribution < 1.29 is 0 Å². The van der Waals surface area contributed by atoms with Gasteiger partial charge in [-0.25, -0.2) is 0 Å². The van der Waals surface area contributed by atoms with E-state index in [-0.39, 0.29) is 0 Å². The average molecular weight is 163 g/mol. The number of likely N-dealkylation sites (tertiary alicyclic amines) is 1. The largest absolute Gasteiger partial charge is 0.302 e. The number of piperidine rings is 1. The molecule has 0 aromatic heterocycles. The highest BCUT2D eigenvalue weighted by Gasteiger charge is 2.13. The van der Waals surface area contributed by atoms with Crippen molar-refractivity contribution >= 4 is 0 Å². The molecule has 0 unspecified atom stereocenters. The van der Waals surface area contributed by atoms with E-state index in [1.165, 1.54) is 24.1 Å². The van der Waals surface area contributed by atoms with E-state index in [1.54, 1.807) is 0 Å². The molecule has 66 valence electrons. The zero-order valence-corrected chi connectivity index (χ0v) is 8.01. The van der Waals surface area contributed by atoms with E-state index in [1.807, 2.05) is 6.08 Å². The van der Waals surface area contributed by atoms with Gasteiger partial charge in [0.05, 0.1) is 0 Å². The van der Waals surface area contributed by atoms with Crippen molar-refractivity contribution in [2.24, 2.45) is 0 Å². The number of hydrogen-bond donors (Lipinski definition) is 0. The summed E-state index contributed by atoms with van der Waals surface area (Å²) in [5.41, 5.74) is 2.90. The minimum atomic E-state index is 1.06. The van der Waals surface area contributed by atoms with Crippen molar-refractivity contribution in [3.63, 3.8) is 0 Å². The lowest BCUT2D eigenvalue weighted by molar-refractivity contribution is 0.348. The molecule has 1 aliphatic heterocycles. The zero-order chi connectivity index (χ0) is 8.97. The molecule has 0 aromatic carbocycles. The lowest BCUT2D eigenvalue weighted by Crippen LogP contribution is -2.28. The van der Waals surface area contributed by atoms with Crippen molar-refractivity contribution in [1.82, 2.24) is 4.90 Å². The summed E-state index contributed by atoms with van der Waals surface area (Å²) in [6, 6.07) is 0. The maximum Gasteiger partial charge on any atom is 0.0233 e. The highest BCUT2D eigenvalue weighted by atomic mass is 15.1. The maximum absolute atomic E-state index is 3.73. The second-order valence-electron chi connectivity index (χ2n) is 3.23. The summed E-state index contributed by atoms with van der Waals surface area (Å²) in [6.07, 6.45) is 7.37. The molecule has 1 rings (SSSR count). The number of nitrogens with zero attached hydrogens (tertiary/aromatic N) is 1. The molecule has 1 saturated heterocycles. The fraction of sp³-hybridized carbons (Fsp3) is 0.455. The Bertz CT molecular complexity index is 223. The quantitative estimate of drug-likeness (QED) is 0.573. The lowest BCUT2D eigenvalue weighted by atomic mass is 9.98. The Morgan fingerprint density at radius 3 is 2.75 bits per heavy atom. The van der Waals surface area contributed by atoms with E-state index in [9.17, 15) is 0 Å². The van der Waals surface area contributed by atoms with Crippen molar-refractivity contribution in [2.45, 2.75) is 13.3 Å². The molecule has 0 N–H and O–H groups in total. The van der Waals surface area contributed by atoms with E-state index >= 15 is 0 Å². The second kappa shape index (κ2) is 4.27. The monoisotopic (exact) mass is 163 g/mol. The van der Waals surface area contributed by atoms with Crippen LogP contribution in [0.5, 0.6) is 0 Å².